The molecule has 0 saturated carbocycles. The third kappa shape index (κ3) is 5.22. The third-order valence-electron chi connectivity index (χ3n) is 3.61. The standard InChI is InChI=1S/C15H25FN4O2/c1-4-12(18-3)14(16)15(17)20-10-8-19(9-11-20)7-6-13(21)22-5-2/h17H,3-11H2,1-2H3/b14-12+,17-15?. The normalized spacial score (nSPS) is 17.0. The number of piperazine rings is 1. The molecule has 0 radical (unpaired) electrons. The van der Waals surface area contributed by atoms with Crippen LogP contribution in [0, 0.1) is 5.41 Å². The Bertz CT molecular complexity index is 443. The number of aliphatic imine (C=N–C) groups is 1. The first-order valence-corrected chi connectivity index (χ1v) is 7.60. The number of esters is 1. The number of nitrogens with one attached hydrogen (secondary N) is 1. The number of allylic oxidation sites excluding steroid dienone is 1. The lowest BCUT2D eigenvalue weighted by Gasteiger charge is -2.35. The van der Waals surface area contributed by atoms with Crippen LogP contribution in [0.3, 0.4) is 0 Å². The largest absolute Gasteiger partial charge is 0.466 e. The average molecular weight is 312 g/mol. The molecule has 1 aliphatic heterocycles. The Labute approximate surface area is 131 Å². The van der Waals surface area contributed by atoms with Crippen LogP contribution in [0.2, 0.25) is 0 Å². The van der Waals surface area contributed by atoms with E-state index in [0.29, 0.717) is 52.2 Å². The van der Waals surface area contributed by atoms with Crippen molar-refractivity contribution >= 4 is 18.5 Å². The predicted octanol–water partition coefficient (Wildman–Crippen LogP) is 1.83. The molecule has 1 heterocycles. The third-order valence-corrected chi connectivity index (χ3v) is 3.61. The first-order chi connectivity index (χ1) is 10.5. The van der Waals surface area contributed by atoms with Crippen LogP contribution in [-0.2, 0) is 9.53 Å². The number of nitrogens with zero attached hydrogens (tertiary/aromatic N) is 3. The fraction of sp³-hybridized carbons (Fsp3) is 0.667. The van der Waals surface area contributed by atoms with Gasteiger partial charge in [-0.1, -0.05) is 6.92 Å². The van der Waals surface area contributed by atoms with Gasteiger partial charge in [0.05, 0.1) is 18.7 Å². The van der Waals surface area contributed by atoms with Gasteiger partial charge in [-0.3, -0.25) is 20.1 Å². The smallest absolute Gasteiger partial charge is 0.307 e. The number of rotatable bonds is 7. The van der Waals surface area contributed by atoms with Gasteiger partial charge in [0.25, 0.3) is 0 Å². The van der Waals surface area contributed by atoms with Crippen molar-refractivity contribution in [3.05, 3.63) is 11.5 Å². The van der Waals surface area contributed by atoms with E-state index >= 15 is 0 Å². The Hall–Kier alpha value is -1.76. The zero-order chi connectivity index (χ0) is 16.5. The van der Waals surface area contributed by atoms with Gasteiger partial charge in [0, 0.05) is 32.7 Å². The monoisotopic (exact) mass is 312 g/mol. The van der Waals surface area contributed by atoms with Crippen LogP contribution in [-0.4, -0.2) is 67.7 Å². The fourth-order valence-electron chi connectivity index (χ4n) is 2.29. The fourth-order valence-corrected chi connectivity index (χ4v) is 2.29. The van der Waals surface area contributed by atoms with Gasteiger partial charge in [0.15, 0.2) is 11.7 Å². The summed E-state index contributed by atoms with van der Waals surface area (Å²) < 4.78 is 19.0. The summed E-state index contributed by atoms with van der Waals surface area (Å²) in [6.45, 7) is 10.4. The average Bonchev–Trinajstić information content (AvgIpc) is 2.54. The highest BCUT2D eigenvalue weighted by Crippen LogP contribution is 2.16. The topological polar surface area (TPSA) is 69.0 Å². The number of ether oxygens (including phenoxy) is 1. The molecule has 0 unspecified atom stereocenters. The van der Waals surface area contributed by atoms with Crippen LogP contribution >= 0.6 is 0 Å². The predicted molar refractivity (Wildman–Crippen MR) is 85.0 cm³/mol. The van der Waals surface area contributed by atoms with Crippen molar-refractivity contribution in [2.45, 2.75) is 26.7 Å². The second kappa shape index (κ2) is 9.30. The molecule has 0 spiro atoms. The molecule has 0 aromatic rings. The first-order valence-electron chi connectivity index (χ1n) is 7.60. The van der Waals surface area contributed by atoms with Crippen LogP contribution in [0.4, 0.5) is 4.39 Å². The highest BCUT2D eigenvalue weighted by atomic mass is 19.1. The molecule has 1 N–H and O–H groups in total. The van der Waals surface area contributed by atoms with E-state index in [9.17, 15) is 9.18 Å². The summed E-state index contributed by atoms with van der Waals surface area (Å²) >= 11 is 0. The van der Waals surface area contributed by atoms with Gasteiger partial charge in [0.2, 0.25) is 0 Å². The summed E-state index contributed by atoms with van der Waals surface area (Å²) in [5.41, 5.74) is 0.217. The van der Waals surface area contributed by atoms with E-state index < -0.39 is 5.83 Å². The molecule has 6 nitrogen and oxygen atoms in total. The van der Waals surface area contributed by atoms with Crippen LogP contribution in [0.5, 0.6) is 0 Å². The lowest BCUT2D eigenvalue weighted by molar-refractivity contribution is -0.143. The molecule has 1 fully saturated rings. The maximum Gasteiger partial charge on any atom is 0.307 e. The summed E-state index contributed by atoms with van der Waals surface area (Å²) in [4.78, 5) is 18.8. The van der Waals surface area contributed by atoms with Gasteiger partial charge in [-0.05, 0) is 20.1 Å². The maximum atomic E-state index is 14.1. The minimum Gasteiger partial charge on any atom is -0.466 e. The van der Waals surface area contributed by atoms with E-state index in [4.69, 9.17) is 10.1 Å². The van der Waals surface area contributed by atoms with Gasteiger partial charge < -0.3 is 9.64 Å². The second-order valence-electron chi connectivity index (χ2n) is 5.00. The highest BCUT2D eigenvalue weighted by Gasteiger charge is 2.23. The van der Waals surface area contributed by atoms with Crippen molar-refractivity contribution in [3.63, 3.8) is 0 Å². The number of carbonyl (C=O) groups excluding carboxylic acids is 1. The summed E-state index contributed by atoms with van der Waals surface area (Å²) in [5, 5.41) is 7.93. The lowest BCUT2D eigenvalue weighted by atomic mass is 10.2. The van der Waals surface area contributed by atoms with E-state index in [0.717, 1.165) is 0 Å². The van der Waals surface area contributed by atoms with Crippen LogP contribution in [0.15, 0.2) is 16.5 Å². The van der Waals surface area contributed by atoms with Crippen molar-refractivity contribution < 1.29 is 13.9 Å². The van der Waals surface area contributed by atoms with Gasteiger partial charge in [0.1, 0.15) is 0 Å². The maximum absolute atomic E-state index is 14.1. The molecule has 1 saturated heterocycles. The van der Waals surface area contributed by atoms with E-state index in [1.54, 1.807) is 18.7 Å². The van der Waals surface area contributed by atoms with Crippen molar-refractivity contribution in [2.24, 2.45) is 4.99 Å². The number of amidine groups is 1. The molecule has 0 bridgehead atoms. The number of carbonyl (C=O) groups is 1. The molecule has 22 heavy (non-hydrogen) atoms. The summed E-state index contributed by atoms with van der Waals surface area (Å²) in [6, 6.07) is 0. The summed E-state index contributed by atoms with van der Waals surface area (Å²) in [6.07, 6.45) is 0.775. The quantitative estimate of drug-likeness (QED) is 0.442. The molecule has 1 aliphatic rings. The molecular formula is C15H25FN4O2. The zero-order valence-corrected chi connectivity index (χ0v) is 13.4. The Morgan fingerprint density at radius 1 is 1.32 bits per heavy atom. The van der Waals surface area contributed by atoms with E-state index in [2.05, 4.69) is 16.6 Å². The molecule has 0 atom stereocenters. The van der Waals surface area contributed by atoms with E-state index in [1.165, 1.54) is 0 Å². The van der Waals surface area contributed by atoms with Crippen molar-refractivity contribution in [3.8, 4) is 0 Å². The Balaban J connectivity index is 2.45. The molecule has 7 heteroatoms. The lowest BCUT2D eigenvalue weighted by Crippen LogP contribution is -2.49. The van der Waals surface area contributed by atoms with Gasteiger partial charge >= 0.3 is 5.97 Å². The van der Waals surface area contributed by atoms with Gasteiger partial charge in [-0.15, -0.1) is 0 Å². The summed E-state index contributed by atoms with van der Waals surface area (Å²) in [7, 11) is 0. The Kier molecular flexibility index (Phi) is 7.73. The number of halogens is 1. The Morgan fingerprint density at radius 2 is 1.95 bits per heavy atom. The Morgan fingerprint density at radius 3 is 2.45 bits per heavy atom. The number of hydrogen-bond donors (Lipinski definition) is 1. The molecule has 1 rings (SSSR count). The molecule has 0 aliphatic carbocycles. The van der Waals surface area contributed by atoms with E-state index in [-0.39, 0.29) is 17.5 Å². The highest BCUT2D eigenvalue weighted by molar-refractivity contribution is 5.94. The first kappa shape index (κ1) is 18.3. The van der Waals surface area contributed by atoms with E-state index in [1.807, 2.05) is 0 Å². The molecule has 0 amide bonds. The van der Waals surface area contributed by atoms with Crippen molar-refractivity contribution in [2.75, 3.05) is 39.3 Å². The van der Waals surface area contributed by atoms with Gasteiger partial charge in [-0.2, -0.15) is 0 Å². The minimum atomic E-state index is -0.600. The second-order valence-corrected chi connectivity index (χ2v) is 5.00. The van der Waals surface area contributed by atoms with Gasteiger partial charge in [-0.25, -0.2) is 4.39 Å². The zero-order valence-electron chi connectivity index (χ0n) is 13.4. The molecular weight excluding hydrogens is 287 g/mol. The van der Waals surface area contributed by atoms with Crippen LogP contribution in [0.25, 0.3) is 0 Å². The van der Waals surface area contributed by atoms with Crippen molar-refractivity contribution in [1.29, 1.82) is 5.41 Å². The van der Waals surface area contributed by atoms with Crippen molar-refractivity contribution in [1.82, 2.24) is 9.80 Å². The molecule has 124 valence electrons. The SMILES string of the molecule is C=N/C(CC)=C(/F)C(=N)N1CCN(CCC(=O)OCC)CC1. The minimum absolute atomic E-state index is 0.130. The molecule has 0 aromatic carbocycles. The van der Waals surface area contributed by atoms with Crippen LogP contribution < -0.4 is 0 Å². The molecule has 0 aromatic heterocycles. The van der Waals surface area contributed by atoms with Crippen LogP contribution in [0.1, 0.15) is 26.7 Å². The number of hydrogen-bond acceptors (Lipinski definition) is 5. The summed E-state index contributed by atoms with van der Waals surface area (Å²) in [5.74, 6) is -0.928.